The van der Waals surface area contributed by atoms with E-state index in [1.54, 1.807) is 0 Å². The van der Waals surface area contributed by atoms with Crippen molar-refractivity contribution < 1.29 is 43.4 Å². The fourth-order valence-corrected chi connectivity index (χ4v) is 0.567. The van der Waals surface area contributed by atoms with Gasteiger partial charge in [-0.15, -0.1) is 0 Å². The van der Waals surface area contributed by atoms with Crippen molar-refractivity contribution >= 4 is 8.03 Å². The minimum absolute atomic E-state index is 0. The molecule has 0 saturated carbocycles. The molecule has 0 saturated heterocycles. The van der Waals surface area contributed by atoms with Gasteiger partial charge in [0.05, 0.1) is 6.67 Å². The average molecular weight is 147 g/mol. The molecule has 0 aliphatic heterocycles. The van der Waals surface area contributed by atoms with Gasteiger partial charge in [0, 0.05) is 6.42 Å². The van der Waals surface area contributed by atoms with E-state index >= 15 is 0 Å². The second kappa shape index (κ2) is 7.99. The zero-order chi connectivity index (χ0) is 5.70. The van der Waals surface area contributed by atoms with Crippen LogP contribution in [0.3, 0.4) is 0 Å². The molecule has 2 nitrogen and oxygen atoms in total. The first-order chi connectivity index (χ1) is 3.27. The smallest absolute Gasteiger partial charge is 0.596 e. The maximum absolute atomic E-state index is 11.1. The third-order valence-electron chi connectivity index (χ3n) is 0.474. The number of halogens is 1. The Morgan fingerprint density at radius 2 is 2.12 bits per heavy atom. The van der Waals surface area contributed by atoms with Crippen LogP contribution >= 0.6 is 8.03 Å². The number of rotatable bonds is 3. The Labute approximate surface area is 70.6 Å². The van der Waals surface area contributed by atoms with E-state index < -0.39 is 14.7 Å². The predicted molar refractivity (Wildman–Crippen MR) is 23.1 cm³/mol. The van der Waals surface area contributed by atoms with Crippen LogP contribution in [0.15, 0.2) is 0 Å². The van der Waals surface area contributed by atoms with Crippen LogP contribution in [0.25, 0.3) is 0 Å². The van der Waals surface area contributed by atoms with Crippen molar-refractivity contribution in [2.75, 3.05) is 12.8 Å². The SMILES string of the molecule is O=[P+]([O-])CCCF.[Na+]. The summed E-state index contributed by atoms with van der Waals surface area (Å²) in [6.07, 6.45) is 0.116. The van der Waals surface area contributed by atoms with Crippen LogP contribution in [0.2, 0.25) is 0 Å². The first kappa shape index (κ1) is 11.7. The van der Waals surface area contributed by atoms with Crippen LogP contribution < -0.4 is 34.5 Å². The van der Waals surface area contributed by atoms with E-state index in [-0.39, 0.29) is 42.1 Å². The normalized spacial score (nSPS) is 10.0. The van der Waals surface area contributed by atoms with Gasteiger partial charge in [-0.3, -0.25) is 4.39 Å². The maximum Gasteiger partial charge on any atom is 1.00 e. The summed E-state index contributed by atoms with van der Waals surface area (Å²) in [6.45, 7) is -0.538. The van der Waals surface area contributed by atoms with E-state index in [2.05, 4.69) is 0 Å². The van der Waals surface area contributed by atoms with Gasteiger partial charge in [0.1, 0.15) is 6.16 Å². The summed E-state index contributed by atoms with van der Waals surface area (Å²) in [7, 11) is -2.35. The van der Waals surface area contributed by atoms with Crippen LogP contribution in [-0.4, -0.2) is 12.8 Å². The van der Waals surface area contributed by atoms with Gasteiger partial charge >= 0.3 is 37.6 Å². The molecular weight excluding hydrogens is 141 g/mol. The second-order valence-corrected chi connectivity index (χ2v) is 2.21. The Balaban J connectivity index is 0. The van der Waals surface area contributed by atoms with Crippen molar-refractivity contribution in [3.05, 3.63) is 0 Å². The molecule has 0 rings (SSSR count). The van der Waals surface area contributed by atoms with E-state index in [1.165, 1.54) is 0 Å². The van der Waals surface area contributed by atoms with Crippen molar-refractivity contribution in [3.63, 3.8) is 0 Å². The zero-order valence-electron chi connectivity index (χ0n) is 4.76. The molecule has 0 aliphatic carbocycles. The summed E-state index contributed by atoms with van der Waals surface area (Å²) in [5.41, 5.74) is 0. The van der Waals surface area contributed by atoms with Crippen molar-refractivity contribution in [3.8, 4) is 0 Å². The van der Waals surface area contributed by atoms with E-state index in [0.29, 0.717) is 0 Å². The molecule has 0 aromatic carbocycles. The van der Waals surface area contributed by atoms with E-state index in [1.807, 2.05) is 0 Å². The minimum Gasteiger partial charge on any atom is -0.596 e. The molecule has 0 heterocycles. The summed E-state index contributed by atoms with van der Waals surface area (Å²) in [4.78, 5) is 9.63. The summed E-state index contributed by atoms with van der Waals surface area (Å²) < 4.78 is 20.7. The molecule has 0 spiro atoms. The Kier molecular flexibility index (Phi) is 11.7. The Morgan fingerprint density at radius 3 is 2.25 bits per heavy atom. The molecular formula is C3H6FNaO2P+. The van der Waals surface area contributed by atoms with Gasteiger partial charge < -0.3 is 4.89 Å². The Morgan fingerprint density at radius 1 is 1.62 bits per heavy atom. The van der Waals surface area contributed by atoms with Gasteiger partial charge in [-0.05, 0) is 0 Å². The molecule has 0 amide bonds. The van der Waals surface area contributed by atoms with Crippen LogP contribution in [0.5, 0.6) is 0 Å². The molecule has 0 aromatic heterocycles. The average Bonchev–Trinajstić information content (AvgIpc) is 1.61. The summed E-state index contributed by atoms with van der Waals surface area (Å²) in [5, 5.41) is 0. The van der Waals surface area contributed by atoms with Crippen LogP contribution in [0.1, 0.15) is 6.42 Å². The third kappa shape index (κ3) is 10.1. The van der Waals surface area contributed by atoms with Crippen molar-refractivity contribution in [1.82, 2.24) is 0 Å². The first-order valence-electron chi connectivity index (χ1n) is 1.95. The number of hydrogen-bond donors (Lipinski definition) is 0. The van der Waals surface area contributed by atoms with E-state index in [9.17, 15) is 13.8 Å². The van der Waals surface area contributed by atoms with Gasteiger partial charge in [-0.2, -0.15) is 0 Å². The monoisotopic (exact) mass is 147 g/mol. The topological polar surface area (TPSA) is 40.1 Å². The Hall–Kier alpha value is 0.990. The molecule has 5 heteroatoms. The molecule has 1 atom stereocenters. The van der Waals surface area contributed by atoms with Gasteiger partial charge in [0.15, 0.2) is 0 Å². The summed E-state index contributed by atoms with van der Waals surface area (Å²) in [5.74, 6) is 0. The maximum atomic E-state index is 11.1. The standard InChI is InChI=1S/C3H6FO2P.Na/c4-2-1-3-7(5)6;/h1-3H2;/q;+1. The molecule has 0 aliphatic rings. The molecule has 0 N–H and O–H groups in total. The number of hydrogen-bond acceptors (Lipinski definition) is 2. The molecule has 0 bridgehead atoms. The van der Waals surface area contributed by atoms with E-state index in [0.717, 1.165) is 0 Å². The molecule has 42 valence electrons. The molecule has 0 radical (unpaired) electrons. The summed E-state index contributed by atoms with van der Waals surface area (Å²) in [6, 6.07) is 0. The zero-order valence-corrected chi connectivity index (χ0v) is 7.66. The van der Waals surface area contributed by atoms with Crippen molar-refractivity contribution in [1.29, 1.82) is 0 Å². The van der Waals surface area contributed by atoms with Crippen LogP contribution in [-0.2, 0) is 4.57 Å². The van der Waals surface area contributed by atoms with Gasteiger partial charge in [0.2, 0.25) is 0 Å². The minimum atomic E-state index is -2.35. The van der Waals surface area contributed by atoms with Crippen LogP contribution in [0.4, 0.5) is 4.39 Å². The molecule has 0 aromatic rings. The number of alkyl halides is 1. The van der Waals surface area contributed by atoms with Crippen molar-refractivity contribution in [2.45, 2.75) is 6.42 Å². The van der Waals surface area contributed by atoms with Gasteiger partial charge in [-0.1, -0.05) is 4.57 Å². The largest absolute Gasteiger partial charge is 1.00 e. The van der Waals surface area contributed by atoms with Crippen LogP contribution in [0, 0.1) is 0 Å². The quantitative estimate of drug-likeness (QED) is 0.326. The van der Waals surface area contributed by atoms with Gasteiger partial charge in [0.25, 0.3) is 0 Å². The van der Waals surface area contributed by atoms with Crippen molar-refractivity contribution in [2.24, 2.45) is 0 Å². The van der Waals surface area contributed by atoms with E-state index in [4.69, 9.17) is 0 Å². The molecule has 0 fully saturated rings. The molecule has 1 unspecified atom stereocenters. The fourth-order valence-electron chi connectivity index (χ4n) is 0.189. The second-order valence-electron chi connectivity index (χ2n) is 1.10. The predicted octanol–water partition coefficient (Wildman–Crippen LogP) is -2.55. The fraction of sp³-hybridized carbons (Fsp3) is 1.00. The Bertz CT molecular complexity index is 70.3. The first-order valence-corrected chi connectivity index (χ1v) is 3.31. The third-order valence-corrected chi connectivity index (χ3v) is 1.16. The molecule has 8 heavy (non-hydrogen) atoms. The van der Waals surface area contributed by atoms with Gasteiger partial charge in [-0.25, -0.2) is 0 Å². The summed E-state index contributed by atoms with van der Waals surface area (Å²) >= 11 is 0.